The molecule has 0 atom stereocenters. The van der Waals surface area contributed by atoms with Crippen molar-refractivity contribution in [1.82, 2.24) is 19.9 Å². The van der Waals surface area contributed by atoms with E-state index in [9.17, 15) is 4.79 Å². The molecule has 29 heavy (non-hydrogen) atoms. The lowest BCUT2D eigenvalue weighted by atomic mass is 9.72. The number of aromatic nitrogens is 3. The Hall–Kier alpha value is -2.70. The first-order valence-corrected chi connectivity index (χ1v) is 10.7. The largest absolute Gasteiger partial charge is 0.370 e. The molecule has 1 amide bonds. The first-order valence-electron chi connectivity index (χ1n) is 10.7. The van der Waals surface area contributed by atoms with E-state index in [0.29, 0.717) is 12.3 Å². The van der Waals surface area contributed by atoms with Crippen molar-refractivity contribution in [2.45, 2.75) is 39.0 Å². The summed E-state index contributed by atoms with van der Waals surface area (Å²) in [7, 11) is 0. The van der Waals surface area contributed by atoms with E-state index in [-0.39, 0.29) is 5.41 Å². The number of carbonyl (C=O) groups excluding carboxylic acids is 1. The summed E-state index contributed by atoms with van der Waals surface area (Å²) in [6, 6.07) is 5.94. The first kappa shape index (κ1) is 19.6. The van der Waals surface area contributed by atoms with Crippen molar-refractivity contribution in [2.75, 3.05) is 42.9 Å². The molecule has 4 rings (SSSR count). The van der Waals surface area contributed by atoms with E-state index in [2.05, 4.69) is 43.1 Å². The smallest absolute Gasteiger partial charge is 0.227 e. The Labute approximate surface area is 172 Å². The molecule has 0 aromatic carbocycles. The number of piperidine rings is 2. The molecule has 2 aliphatic rings. The quantitative estimate of drug-likeness (QED) is 0.812. The van der Waals surface area contributed by atoms with Gasteiger partial charge in [-0.25, -0.2) is 4.98 Å². The summed E-state index contributed by atoms with van der Waals surface area (Å²) in [5, 5.41) is 3.26. The van der Waals surface area contributed by atoms with Crippen LogP contribution in [0.15, 0.2) is 36.8 Å². The molecular formula is C22H30N6O. The highest BCUT2D eigenvalue weighted by atomic mass is 16.2. The standard InChI is InChI=1S/C22H30N6O/c1-2-24-19-6-12-25-21(26-19)27-14-9-22(10-15-27)8-5-20(29)28(17-22)13-7-18-4-3-11-23-16-18/h3-4,6,11-12,16H,2,5,7-10,13-15,17H2,1H3,(H,24,25,26). The van der Waals surface area contributed by atoms with Gasteiger partial charge in [0, 0.05) is 57.7 Å². The van der Waals surface area contributed by atoms with Gasteiger partial charge in [-0.15, -0.1) is 0 Å². The number of pyridine rings is 1. The van der Waals surface area contributed by atoms with Crippen LogP contribution in [0, 0.1) is 5.41 Å². The number of anilines is 2. The molecule has 2 aliphatic heterocycles. The summed E-state index contributed by atoms with van der Waals surface area (Å²) >= 11 is 0. The van der Waals surface area contributed by atoms with Crippen LogP contribution in [0.25, 0.3) is 0 Å². The zero-order chi connectivity index (χ0) is 20.1. The van der Waals surface area contributed by atoms with Crippen molar-refractivity contribution >= 4 is 17.7 Å². The van der Waals surface area contributed by atoms with Crippen LogP contribution in [0.5, 0.6) is 0 Å². The van der Waals surface area contributed by atoms with Crippen LogP contribution >= 0.6 is 0 Å². The third-order valence-electron chi connectivity index (χ3n) is 6.25. The topological polar surface area (TPSA) is 74.2 Å². The fourth-order valence-electron chi connectivity index (χ4n) is 4.49. The Bertz CT molecular complexity index is 819. The maximum atomic E-state index is 12.5. The predicted octanol–water partition coefficient (Wildman–Crippen LogP) is 2.76. The normalized spacial score (nSPS) is 18.9. The maximum absolute atomic E-state index is 12.5. The number of amides is 1. The van der Waals surface area contributed by atoms with E-state index in [1.807, 2.05) is 24.5 Å². The third kappa shape index (κ3) is 4.66. The highest BCUT2D eigenvalue weighted by molar-refractivity contribution is 5.77. The van der Waals surface area contributed by atoms with Crippen molar-refractivity contribution in [3.05, 3.63) is 42.4 Å². The molecule has 2 aromatic rings. The van der Waals surface area contributed by atoms with E-state index < -0.39 is 0 Å². The average molecular weight is 395 g/mol. The zero-order valence-electron chi connectivity index (χ0n) is 17.2. The molecule has 154 valence electrons. The number of nitrogens with one attached hydrogen (secondary N) is 1. The summed E-state index contributed by atoms with van der Waals surface area (Å²) in [6.07, 6.45) is 10.2. The summed E-state index contributed by atoms with van der Waals surface area (Å²) < 4.78 is 0. The Balaban J connectivity index is 1.36. The summed E-state index contributed by atoms with van der Waals surface area (Å²) in [5.74, 6) is 1.98. The van der Waals surface area contributed by atoms with Crippen LogP contribution in [-0.4, -0.2) is 58.5 Å². The highest BCUT2D eigenvalue weighted by Gasteiger charge is 2.41. The number of hydrogen-bond acceptors (Lipinski definition) is 6. The van der Waals surface area contributed by atoms with Crippen molar-refractivity contribution in [2.24, 2.45) is 5.41 Å². The van der Waals surface area contributed by atoms with Gasteiger partial charge in [0.2, 0.25) is 11.9 Å². The van der Waals surface area contributed by atoms with E-state index in [1.54, 1.807) is 6.20 Å². The molecule has 7 nitrogen and oxygen atoms in total. The first-order chi connectivity index (χ1) is 14.2. The second-order valence-electron chi connectivity index (χ2n) is 8.19. The predicted molar refractivity (Wildman–Crippen MR) is 114 cm³/mol. The van der Waals surface area contributed by atoms with Crippen molar-refractivity contribution in [1.29, 1.82) is 0 Å². The lowest BCUT2D eigenvalue weighted by Gasteiger charge is -2.47. The summed E-state index contributed by atoms with van der Waals surface area (Å²) in [6.45, 7) is 6.46. The fourth-order valence-corrected chi connectivity index (χ4v) is 4.49. The lowest BCUT2D eigenvalue weighted by molar-refractivity contribution is -0.138. The summed E-state index contributed by atoms with van der Waals surface area (Å²) in [5.41, 5.74) is 1.42. The van der Waals surface area contributed by atoms with Crippen LogP contribution in [0.3, 0.4) is 0 Å². The number of rotatable bonds is 6. The van der Waals surface area contributed by atoms with Crippen LogP contribution in [-0.2, 0) is 11.2 Å². The van der Waals surface area contributed by atoms with Crippen LogP contribution in [0.1, 0.15) is 38.2 Å². The number of hydrogen-bond donors (Lipinski definition) is 1. The molecule has 1 N–H and O–H groups in total. The Morgan fingerprint density at radius 2 is 2.03 bits per heavy atom. The maximum Gasteiger partial charge on any atom is 0.227 e. The molecule has 0 unspecified atom stereocenters. The molecule has 2 aromatic heterocycles. The third-order valence-corrected chi connectivity index (χ3v) is 6.25. The minimum absolute atomic E-state index is 0.235. The number of nitrogens with zero attached hydrogens (tertiary/aromatic N) is 5. The van der Waals surface area contributed by atoms with Gasteiger partial charge in [-0.05, 0) is 55.7 Å². The van der Waals surface area contributed by atoms with Gasteiger partial charge in [-0.1, -0.05) is 6.07 Å². The lowest BCUT2D eigenvalue weighted by Crippen LogP contribution is -2.52. The minimum atomic E-state index is 0.235. The Morgan fingerprint density at radius 3 is 2.79 bits per heavy atom. The van der Waals surface area contributed by atoms with Crippen molar-refractivity contribution in [3.8, 4) is 0 Å². The molecule has 2 fully saturated rings. The van der Waals surface area contributed by atoms with Crippen LogP contribution in [0.4, 0.5) is 11.8 Å². The van der Waals surface area contributed by atoms with Crippen molar-refractivity contribution < 1.29 is 4.79 Å². The van der Waals surface area contributed by atoms with Gasteiger partial charge >= 0.3 is 0 Å². The monoisotopic (exact) mass is 394 g/mol. The van der Waals surface area contributed by atoms with Gasteiger partial charge in [-0.3, -0.25) is 9.78 Å². The van der Waals surface area contributed by atoms with Gasteiger partial charge < -0.3 is 15.1 Å². The molecule has 0 radical (unpaired) electrons. The molecule has 7 heteroatoms. The molecule has 0 aliphatic carbocycles. The second kappa shape index (κ2) is 8.76. The minimum Gasteiger partial charge on any atom is -0.370 e. The average Bonchev–Trinajstić information content (AvgIpc) is 2.76. The fraction of sp³-hybridized carbons (Fsp3) is 0.545. The zero-order valence-corrected chi connectivity index (χ0v) is 17.2. The van der Waals surface area contributed by atoms with Gasteiger partial charge in [0.25, 0.3) is 0 Å². The van der Waals surface area contributed by atoms with Crippen LogP contribution < -0.4 is 10.2 Å². The van der Waals surface area contributed by atoms with E-state index >= 15 is 0 Å². The molecule has 2 saturated heterocycles. The van der Waals surface area contributed by atoms with Gasteiger partial charge in [0.15, 0.2) is 0 Å². The summed E-state index contributed by atoms with van der Waals surface area (Å²) in [4.78, 5) is 30.2. The highest BCUT2D eigenvalue weighted by Crippen LogP contribution is 2.40. The van der Waals surface area contributed by atoms with E-state index in [4.69, 9.17) is 0 Å². The van der Waals surface area contributed by atoms with E-state index in [0.717, 1.165) is 70.2 Å². The second-order valence-corrected chi connectivity index (χ2v) is 8.19. The Morgan fingerprint density at radius 1 is 1.17 bits per heavy atom. The van der Waals surface area contributed by atoms with Crippen molar-refractivity contribution in [3.63, 3.8) is 0 Å². The number of carbonyl (C=O) groups is 1. The molecule has 0 saturated carbocycles. The molecular weight excluding hydrogens is 364 g/mol. The van der Waals surface area contributed by atoms with Crippen LogP contribution in [0.2, 0.25) is 0 Å². The number of likely N-dealkylation sites (tertiary alicyclic amines) is 1. The molecule has 1 spiro atoms. The van der Waals surface area contributed by atoms with Gasteiger partial charge in [0.1, 0.15) is 5.82 Å². The van der Waals surface area contributed by atoms with Gasteiger partial charge in [0.05, 0.1) is 0 Å². The van der Waals surface area contributed by atoms with E-state index in [1.165, 1.54) is 5.56 Å². The molecule has 0 bridgehead atoms. The Kier molecular flexibility index (Phi) is 5.92. The van der Waals surface area contributed by atoms with Gasteiger partial charge in [-0.2, -0.15) is 4.98 Å². The molecule has 4 heterocycles. The SMILES string of the molecule is CCNc1ccnc(N2CCC3(CCC(=O)N(CCc4cccnc4)C3)CC2)n1.